The summed E-state index contributed by atoms with van der Waals surface area (Å²) in [6.07, 6.45) is 0. The van der Waals surface area contributed by atoms with Gasteiger partial charge in [-0.05, 0) is 18.2 Å². The number of nitrogens with zero attached hydrogens (tertiary/aromatic N) is 2. The Kier molecular flexibility index (Phi) is 4.44. The largest absolute Gasteiger partial charge is 0.493 e. The highest BCUT2D eigenvalue weighted by Gasteiger charge is 2.02. The van der Waals surface area contributed by atoms with Crippen LogP contribution in [0.25, 0.3) is 0 Å². The molecule has 0 unspecified atom stereocenters. The van der Waals surface area contributed by atoms with Crippen LogP contribution in [0.3, 0.4) is 0 Å². The van der Waals surface area contributed by atoms with Crippen molar-refractivity contribution in [1.29, 1.82) is 0 Å². The number of aryl methyl sites for hydroxylation is 1. The maximum absolute atomic E-state index is 5.57. The Hall–Kier alpha value is -1.01. The van der Waals surface area contributed by atoms with E-state index in [1.165, 1.54) is 11.8 Å². The van der Waals surface area contributed by atoms with E-state index in [9.17, 15) is 0 Å². The number of thioether (sulfide) groups is 1. The molecule has 17 heavy (non-hydrogen) atoms. The van der Waals surface area contributed by atoms with Gasteiger partial charge in [-0.15, -0.1) is 10.2 Å². The maximum Gasteiger partial charge on any atom is 0.276 e. The highest BCUT2D eigenvalue weighted by molar-refractivity contribution is 9.10. The van der Waals surface area contributed by atoms with Crippen LogP contribution in [0, 0.1) is 6.92 Å². The van der Waals surface area contributed by atoms with Gasteiger partial charge in [0.25, 0.3) is 5.22 Å². The molecule has 0 fully saturated rings. The first kappa shape index (κ1) is 12.4. The van der Waals surface area contributed by atoms with Gasteiger partial charge in [0.05, 0.1) is 6.61 Å². The van der Waals surface area contributed by atoms with Crippen LogP contribution in [-0.4, -0.2) is 22.6 Å². The van der Waals surface area contributed by atoms with Crippen molar-refractivity contribution in [3.8, 4) is 5.75 Å². The van der Waals surface area contributed by atoms with Crippen molar-refractivity contribution in [1.82, 2.24) is 10.2 Å². The van der Waals surface area contributed by atoms with Crippen molar-refractivity contribution < 1.29 is 9.15 Å². The number of halogens is 1. The van der Waals surface area contributed by atoms with Crippen molar-refractivity contribution in [3.63, 3.8) is 0 Å². The van der Waals surface area contributed by atoms with E-state index in [1.807, 2.05) is 24.3 Å². The van der Waals surface area contributed by atoms with Gasteiger partial charge in [0.2, 0.25) is 5.89 Å². The summed E-state index contributed by atoms with van der Waals surface area (Å²) in [5.41, 5.74) is 0. The number of hydrogen-bond acceptors (Lipinski definition) is 5. The van der Waals surface area contributed by atoms with E-state index in [-0.39, 0.29) is 0 Å². The molecule has 0 N–H and O–H groups in total. The molecule has 0 aliphatic carbocycles. The molecule has 0 radical (unpaired) electrons. The fourth-order valence-electron chi connectivity index (χ4n) is 1.18. The molecule has 1 heterocycles. The van der Waals surface area contributed by atoms with Gasteiger partial charge in [0, 0.05) is 17.1 Å². The zero-order valence-electron chi connectivity index (χ0n) is 9.22. The van der Waals surface area contributed by atoms with Crippen LogP contribution in [0.1, 0.15) is 5.89 Å². The first-order valence-electron chi connectivity index (χ1n) is 5.05. The van der Waals surface area contributed by atoms with Crippen LogP contribution in [0.2, 0.25) is 0 Å². The lowest BCUT2D eigenvalue weighted by molar-refractivity contribution is 0.342. The van der Waals surface area contributed by atoms with E-state index in [0.29, 0.717) is 17.7 Å². The summed E-state index contributed by atoms with van der Waals surface area (Å²) in [5, 5.41) is 8.22. The molecule has 0 aliphatic heterocycles. The second-order valence-corrected chi connectivity index (χ2v) is 5.20. The molecule has 1 aromatic carbocycles. The fraction of sp³-hybridized carbons (Fsp3) is 0.273. The van der Waals surface area contributed by atoms with Crippen molar-refractivity contribution >= 4 is 27.7 Å². The van der Waals surface area contributed by atoms with Crippen LogP contribution in [-0.2, 0) is 0 Å². The molecule has 0 aliphatic rings. The zero-order valence-corrected chi connectivity index (χ0v) is 11.6. The van der Waals surface area contributed by atoms with Gasteiger partial charge >= 0.3 is 0 Å². The third kappa shape index (κ3) is 4.05. The molecule has 90 valence electrons. The molecular formula is C11H11BrN2O2S. The van der Waals surface area contributed by atoms with Crippen LogP contribution >= 0.6 is 27.7 Å². The van der Waals surface area contributed by atoms with Gasteiger partial charge in [-0.2, -0.15) is 0 Å². The molecule has 0 spiro atoms. The van der Waals surface area contributed by atoms with E-state index in [4.69, 9.17) is 9.15 Å². The van der Waals surface area contributed by atoms with Gasteiger partial charge in [-0.25, -0.2) is 0 Å². The SMILES string of the molecule is Cc1nnc(SCCOc2cccc(Br)c2)o1. The number of rotatable bonds is 5. The van der Waals surface area contributed by atoms with Crippen molar-refractivity contribution in [2.45, 2.75) is 12.1 Å². The van der Waals surface area contributed by atoms with Crippen molar-refractivity contribution in [3.05, 3.63) is 34.6 Å². The summed E-state index contributed by atoms with van der Waals surface area (Å²) < 4.78 is 11.8. The Balaban J connectivity index is 1.73. The van der Waals surface area contributed by atoms with Crippen LogP contribution in [0.15, 0.2) is 38.4 Å². The third-order valence-electron chi connectivity index (χ3n) is 1.88. The lowest BCUT2D eigenvalue weighted by atomic mass is 10.3. The average Bonchev–Trinajstić information content (AvgIpc) is 2.71. The maximum atomic E-state index is 5.57. The van der Waals surface area contributed by atoms with E-state index in [2.05, 4.69) is 26.1 Å². The quantitative estimate of drug-likeness (QED) is 0.626. The second kappa shape index (κ2) is 6.07. The highest BCUT2D eigenvalue weighted by atomic mass is 79.9. The first-order chi connectivity index (χ1) is 8.24. The molecule has 4 nitrogen and oxygen atoms in total. The van der Waals surface area contributed by atoms with Crippen LogP contribution in [0.5, 0.6) is 5.75 Å². The molecular weight excluding hydrogens is 304 g/mol. The summed E-state index contributed by atoms with van der Waals surface area (Å²) in [7, 11) is 0. The van der Waals surface area contributed by atoms with E-state index in [0.717, 1.165) is 16.0 Å². The zero-order chi connectivity index (χ0) is 12.1. The van der Waals surface area contributed by atoms with Crippen LogP contribution < -0.4 is 4.74 Å². The predicted molar refractivity (Wildman–Crippen MR) is 69.4 cm³/mol. The van der Waals surface area contributed by atoms with Gasteiger partial charge < -0.3 is 9.15 Å². The van der Waals surface area contributed by atoms with Crippen LogP contribution in [0.4, 0.5) is 0 Å². The minimum absolute atomic E-state index is 0.584. The number of benzene rings is 1. The molecule has 0 saturated carbocycles. The summed E-state index contributed by atoms with van der Waals surface area (Å²) in [4.78, 5) is 0. The van der Waals surface area contributed by atoms with Gasteiger partial charge in [-0.3, -0.25) is 0 Å². The number of ether oxygens (including phenoxy) is 1. The van der Waals surface area contributed by atoms with E-state index < -0.39 is 0 Å². The molecule has 1 aromatic heterocycles. The Bertz CT molecular complexity index is 490. The van der Waals surface area contributed by atoms with Gasteiger partial charge in [0.1, 0.15) is 5.75 Å². The lowest BCUT2D eigenvalue weighted by Crippen LogP contribution is -1.99. The summed E-state index contributed by atoms with van der Waals surface area (Å²) in [5.74, 6) is 2.20. The Morgan fingerprint density at radius 2 is 2.29 bits per heavy atom. The molecule has 0 saturated heterocycles. The molecule has 0 bridgehead atoms. The number of hydrogen-bond donors (Lipinski definition) is 0. The predicted octanol–water partition coefficient (Wildman–Crippen LogP) is 3.31. The number of aromatic nitrogens is 2. The molecule has 0 amide bonds. The normalized spacial score (nSPS) is 10.5. The third-order valence-corrected chi connectivity index (χ3v) is 3.16. The minimum Gasteiger partial charge on any atom is -0.493 e. The molecule has 2 rings (SSSR count). The summed E-state index contributed by atoms with van der Waals surface area (Å²) in [6, 6.07) is 7.75. The Labute approximate surface area is 112 Å². The summed E-state index contributed by atoms with van der Waals surface area (Å²) in [6.45, 7) is 2.37. The first-order valence-corrected chi connectivity index (χ1v) is 6.83. The standard InChI is InChI=1S/C11H11BrN2O2S/c1-8-13-14-11(16-8)17-6-5-15-10-4-2-3-9(12)7-10/h2-4,7H,5-6H2,1H3. The Morgan fingerprint density at radius 1 is 1.41 bits per heavy atom. The monoisotopic (exact) mass is 314 g/mol. The molecule has 6 heteroatoms. The van der Waals surface area contributed by atoms with Crippen molar-refractivity contribution in [2.75, 3.05) is 12.4 Å². The highest BCUT2D eigenvalue weighted by Crippen LogP contribution is 2.19. The second-order valence-electron chi connectivity index (χ2n) is 3.24. The van der Waals surface area contributed by atoms with Gasteiger partial charge in [0.15, 0.2) is 0 Å². The topological polar surface area (TPSA) is 48.2 Å². The van der Waals surface area contributed by atoms with Crippen molar-refractivity contribution in [2.24, 2.45) is 0 Å². The molecule has 2 aromatic rings. The van der Waals surface area contributed by atoms with Gasteiger partial charge in [-0.1, -0.05) is 33.8 Å². The average molecular weight is 315 g/mol. The fourth-order valence-corrected chi connectivity index (χ4v) is 2.18. The van der Waals surface area contributed by atoms with E-state index >= 15 is 0 Å². The molecule has 0 atom stereocenters. The smallest absolute Gasteiger partial charge is 0.276 e. The Morgan fingerprint density at radius 3 is 3.00 bits per heavy atom. The minimum atomic E-state index is 0.584. The lowest BCUT2D eigenvalue weighted by Gasteiger charge is -2.04. The van der Waals surface area contributed by atoms with E-state index in [1.54, 1.807) is 6.92 Å². The summed E-state index contributed by atoms with van der Waals surface area (Å²) >= 11 is 4.88.